The Morgan fingerprint density at radius 3 is 1.67 bits per heavy atom. The normalized spacial score (nSPS) is 11.2. The quantitative estimate of drug-likeness (QED) is 0.289. The summed E-state index contributed by atoms with van der Waals surface area (Å²) in [7, 11) is 2.25. The summed E-state index contributed by atoms with van der Waals surface area (Å²) in [6, 6.07) is 0. The molecule has 0 saturated heterocycles. The van der Waals surface area contributed by atoms with Gasteiger partial charge in [0.2, 0.25) is 5.76 Å². The molecule has 0 rings (SSSR count). The first-order valence-corrected chi connectivity index (χ1v) is 4.00. The fourth-order valence-corrected chi connectivity index (χ4v) is 0.754. The van der Waals surface area contributed by atoms with Crippen LogP contribution in [0.2, 0.25) is 0 Å². The summed E-state index contributed by atoms with van der Waals surface area (Å²) in [5.74, 6) is -2.86. The molecule has 0 aromatic heterocycles. The number of rotatable bonds is 3. The Labute approximate surface area is 86.8 Å². The van der Waals surface area contributed by atoms with Gasteiger partial charge in [-0.2, -0.15) is 0 Å². The zero-order chi connectivity index (χ0) is 12.0. The van der Waals surface area contributed by atoms with Crippen LogP contribution >= 0.6 is 0 Å². The number of esters is 3. The fourth-order valence-electron chi connectivity index (χ4n) is 0.754. The van der Waals surface area contributed by atoms with Gasteiger partial charge in [0.15, 0.2) is 0 Å². The third-order valence-corrected chi connectivity index (χ3v) is 1.45. The van der Waals surface area contributed by atoms with Crippen LogP contribution in [0, 0.1) is 0 Å². The highest BCUT2D eigenvalue weighted by molar-refractivity contribution is 5.99. The predicted molar refractivity (Wildman–Crippen MR) is 48.5 cm³/mol. The van der Waals surface area contributed by atoms with Gasteiger partial charge in [-0.05, 0) is 6.92 Å². The second kappa shape index (κ2) is 5.79. The van der Waals surface area contributed by atoms with Crippen molar-refractivity contribution >= 4 is 17.9 Å². The van der Waals surface area contributed by atoms with Crippen molar-refractivity contribution in [1.82, 2.24) is 0 Å². The first kappa shape index (κ1) is 13.2. The van der Waals surface area contributed by atoms with E-state index in [1.807, 2.05) is 0 Å². The van der Waals surface area contributed by atoms with Crippen molar-refractivity contribution in [1.29, 1.82) is 0 Å². The van der Waals surface area contributed by atoms with Gasteiger partial charge in [0.05, 0.1) is 19.8 Å². The minimum absolute atomic E-state index is 0.125. The Bertz CT molecular complexity index is 315. The zero-order valence-electron chi connectivity index (χ0n) is 8.95. The summed E-state index contributed by atoms with van der Waals surface area (Å²) in [4.78, 5) is 32.9. The van der Waals surface area contributed by atoms with Crippen molar-refractivity contribution < 1.29 is 28.6 Å². The summed E-state index contributed by atoms with van der Waals surface area (Å²) >= 11 is 0. The van der Waals surface area contributed by atoms with E-state index in [9.17, 15) is 14.4 Å². The van der Waals surface area contributed by atoms with Gasteiger partial charge in [0.1, 0.15) is 0 Å². The Morgan fingerprint density at radius 1 is 0.867 bits per heavy atom. The molecule has 0 bridgehead atoms. The van der Waals surface area contributed by atoms with Crippen LogP contribution in [0.4, 0.5) is 0 Å². The van der Waals surface area contributed by atoms with Crippen LogP contribution in [0.1, 0.15) is 13.8 Å². The number of hydrogen-bond acceptors (Lipinski definition) is 6. The molecule has 0 radical (unpaired) electrons. The number of carbonyl (C=O) groups excluding carboxylic acids is 3. The number of methoxy groups -OCH3 is 2. The third-order valence-electron chi connectivity index (χ3n) is 1.45. The van der Waals surface area contributed by atoms with Crippen LogP contribution in [-0.2, 0) is 28.6 Å². The summed E-state index contributed by atoms with van der Waals surface area (Å²) in [6.07, 6.45) is 0. The van der Waals surface area contributed by atoms with Crippen molar-refractivity contribution in [2.45, 2.75) is 13.8 Å². The Kier molecular flexibility index (Phi) is 5.08. The summed E-state index contributed by atoms with van der Waals surface area (Å²) in [6.45, 7) is 2.40. The molecule has 0 aromatic rings. The highest BCUT2D eigenvalue weighted by Gasteiger charge is 2.22. The summed E-state index contributed by atoms with van der Waals surface area (Å²) in [5, 5.41) is 0. The van der Waals surface area contributed by atoms with E-state index in [4.69, 9.17) is 0 Å². The second-order valence-corrected chi connectivity index (χ2v) is 2.53. The van der Waals surface area contributed by atoms with Crippen LogP contribution in [0.3, 0.4) is 0 Å². The van der Waals surface area contributed by atoms with Crippen molar-refractivity contribution in [3.8, 4) is 0 Å². The van der Waals surface area contributed by atoms with Crippen LogP contribution in [-0.4, -0.2) is 32.1 Å². The van der Waals surface area contributed by atoms with Gasteiger partial charge in [-0.15, -0.1) is 0 Å². The minimum atomic E-state index is -0.909. The molecule has 84 valence electrons. The number of hydrogen-bond donors (Lipinski definition) is 0. The van der Waals surface area contributed by atoms with Gasteiger partial charge in [-0.1, -0.05) is 0 Å². The molecular formula is C9H12O6. The topological polar surface area (TPSA) is 78.9 Å². The average Bonchev–Trinajstić information content (AvgIpc) is 2.22. The zero-order valence-corrected chi connectivity index (χ0v) is 8.95. The first-order chi connectivity index (χ1) is 6.93. The van der Waals surface area contributed by atoms with Gasteiger partial charge in [-0.3, -0.25) is 4.79 Å². The molecule has 0 unspecified atom stereocenters. The molecular weight excluding hydrogens is 204 g/mol. The van der Waals surface area contributed by atoms with Crippen LogP contribution in [0.5, 0.6) is 0 Å². The number of ether oxygens (including phenoxy) is 3. The molecule has 0 aromatic carbocycles. The van der Waals surface area contributed by atoms with Crippen LogP contribution < -0.4 is 0 Å². The molecule has 0 amide bonds. The van der Waals surface area contributed by atoms with Crippen molar-refractivity contribution in [2.24, 2.45) is 0 Å². The lowest BCUT2D eigenvalue weighted by Crippen LogP contribution is -2.17. The van der Waals surface area contributed by atoms with Gasteiger partial charge in [0, 0.05) is 6.92 Å². The highest BCUT2D eigenvalue weighted by atomic mass is 16.6. The minimum Gasteiger partial charge on any atom is -0.466 e. The molecule has 6 heteroatoms. The predicted octanol–water partition coefficient (Wildman–Crippen LogP) is 0.169. The molecule has 0 aliphatic rings. The smallest absolute Gasteiger partial charge is 0.374 e. The summed E-state index contributed by atoms with van der Waals surface area (Å²) < 4.78 is 13.3. The fraction of sp³-hybridized carbons (Fsp3) is 0.444. The van der Waals surface area contributed by atoms with Crippen molar-refractivity contribution in [2.75, 3.05) is 14.2 Å². The maximum absolute atomic E-state index is 11.1. The molecule has 0 fully saturated rings. The van der Waals surface area contributed by atoms with E-state index in [1.54, 1.807) is 0 Å². The molecule has 0 aliphatic carbocycles. The Morgan fingerprint density at radius 2 is 1.33 bits per heavy atom. The van der Waals surface area contributed by atoms with E-state index in [-0.39, 0.29) is 5.57 Å². The van der Waals surface area contributed by atoms with Crippen molar-refractivity contribution in [3.63, 3.8) is 0 Å². The Balaban J connectivity index is 5.14. The third kappa shape index (κ3) is 3.80. The molecule has 0 aliphatic heterocycles. The average molecular weight is 216 g/mol. The Hall–Kier alpha value is -1.85. The van der Waals surface area contributed by atoms with E-state index < -0.39 is 23.7 Å². The molecule has 0 N–H and O–H groups in total. The van der Waals surface area contributed by atoms with E-state index in [0.717, 1.165) is 21.1 Å². The van der Waals surface area contributed by atoms with E-state index in [2.05, 4.69) is 14.2 Å². The lowest BCUT2D eigenvalue weighted by molar-refractivity contribution is -0.149. The van der Waals surface area contributed by atoms with Crippen molar-refractivity contribution in [3.05, 3.63) is 11.3 Å². The maximum Gasteiger partial charge on any atom is 0.374 e. The lowest BCUT2D eigenvalue weighted by Gasteiger charge is -2.07. The van der Waals surface area contributed by atoms with Gasteiger partial charge in [-0.25, -0.2) is 9.59 Å². The highest BCUT2D eigenvalue weighted by Crippen LogP contribution is 2.10. The van der Waals surface area contributed by atoms with Crippen LogP contribution in [0.15, 0.2) is 11.3 Å². The summed E-state index contributed by atoms with van der Waals surface area (Å²) in [5.41, 5.74) is -0.125. The molecule has 0 saturated carbocycles. The lowest BCUT2D eigenvalue weighted by atomic mass is 10.2. The first-order valence-electron chi connectivity index (χ1n) is 4.00. The van der Waals surface area contributed by atoms with Gasteiger partial charge >= 0.3 is 17.9 Å². The molecule has 15 heavy (non-hydrogen) atoms. The van der Waals surface area contributed by atoms with E-state index in [1.165, 1.54) is 6.92 Å². The maximum atomic E-state index is 11.1. The second-order valence-electron chi connectivity index (χ2n) is 2.53. The standard InChI is InChI=1S/C9H12O6/c1-5(8(11)13-3)7(9(12)14-4)15-6(2)10/h1-4H3/b7-5-. The molecule has 0 atom stereocenters. The van der Waals surface area contributed by atoms with E-state index in [0.29, 0.717) is 0 Å². The molecule has 0 heterocycles. The van der Waals surface area contributed by atoms with E-state index >= 15 is 0 Å². The molecule has 0 spiro atoms. The van der Waals surface area contributed by atoms with Gasteiger partial charge in [0.25, 0.3) is 0 Å². The largest absolute Gasteiger partial charge is 0.466 e. The monoisotopic (exact) mass is 216 g/mol. The van der Waals surface area contributed by atoms with Gasteiger partial charge < -0.3 is 14.2 Å². The number of carbonyl (C=O) groups is 3. The SMILES string of the molecule is COC(=O)/C(C)=C(\OC(C)=O)C(=O)OC. The van der Waals surface area contributed by atoms with Crippen LogP contribution in [0.25, 0.3) is 0 Å². The molecule has 6 nitrogen and oxygen atoms in total.